The molecule has 0 saturated heterocycles. The average molecular weight is 408 g/mol. The maximum atomic E-state index is 12.7. The topological polar surface area (TPSA) is 80.2 Å². The second-order valence-corrected chi connectivity index (χ2v) is 5.86. The number of aromatic nitrogens is 1. The number of halogens is 5. The Morgan fingerprint density at radius 3 is 2.27 bits per heavy atom. The number of amides is 2. The molecule has 0 unspecified atom stereocenters. The molecule has 11 heteroatoms. The lowest BCUT2D eigenvalue weighted by atomic mass is 10.2. The van der Waals surface area contributed by atoms with Gasteiger partial charge in [0, 0.05) is 16.8 Å². The molecule has 0 aliphatic carbocycles. The van der Waals surface area contributed by atoms with Crippen molar-refractivity contribution >= 4 is 35.0 Å². The van der Waals surface area contributed by atoms with Gasteiger partial charge < -0.3 is 4.57 Å². The van der Waals surface area contributed by atoms with Crippen LogP contribution in [0.3, 0.4) is 0 Å². The van der Waals surface area contributed by atoms with E-state index in [0.717, 1.165) is 0 Å². The maximum absolute atomic E-state index is 12.7. The van der Waals surface area contributed by atoms with Gasteiger partial charge in [-0.15, -0.1) is 0 Å². The van der Waals surface area contributed by atoms with Gasteiger partial charge in [-0.3, -0.25) is 25.2 Å². The van der Waals surface area contributed by atoms with Gasteiger partial charge in [0.2, 0.25) is 0 Å². The number of hydrogen-bond donors (Lipinski definition) is 2. The predicted molar refractivity (Wildman–Crippen MR) is 87.8 cm³/mol. The lowest BCUT2D eigenvalue weighted by Gasteiger charge is -2.12. The molecule has 0 saturated carbocycles. The fourth-order valence-electron chi connectivity index (χ4n) is 1.87. The first-order valence-electron chi connectivity index (χ1n) is 6.90. The summed E-state index contributed by atoms with van der Waals surface area (Å²) in [7, 11) is 0. The summed E-state index contributed by atoms with van der Waals surface area (Å²) < 4.78 is 38.7. The normalized spacial score (nSPS) is 11.1. The summed E-state index contributed by atoms with van der Waals surface area (Å²) in [5.41, 5.74) is 2.09. The number of carbonyl (C=O) groups is 2. The van der Waals surface area contributed by atoms with Crippen LogP contribution in [-0.4, -0.2) is 16.4 Å². The first-order chi connectivity index (χ1) is 12.1. The minimum Gasteiger partial charge on any atom is -0.304 e. The van der Waals surface area contributed by atoms with Crippen LogP contribution in [-0.2, 0) is 17.5 Å². The summed E-state index contributed by atoms with van der Waals surface area (Å²) in [6, 6.07) is 6.20. The van der Waals surface area contributed by atoms with Crippen LogP contribution in [0.1, 0.15) is 15.9 Å². The highest BCUT2D eigenvalue weighted by molar-refractivity contribution is 6.30. The molecule has 2 rings (SSSR count). The number of benzene rings is 1. The third kappa shape index (κ3) is 4.99. The molecule has 2 aromatic rings. The molecule has 1 aromatic heterocycles. The zero-order chi connectivity index (χ0) is 19.5. The number of rotatable bonds is 3. The highest BCUT2D eigenvalue weighted by atomic mass is 35.5. The summed E-state index contributed by atoms with van der Waals surface area (Å²) in [5, 5.41) is -0.274. The Hall–Kier alpha value is -2.52. The average Bonchev–Trinajstić information content (AvgIpc) is 2.56. The van der Waals surface area contributed by atoms with E-state index in [2.05, 4.69) is 5.43 Å². The van der Waals surface area contributed by atoms with E-state index in [1.54, 1.807) is 0 Å². The van der Waals surface area contributed by atoms with Crippen LogP contribution in [0, 0.1) is 0 Å². The Morgan fingerprint density at radius 1 is 1.08 bits per heavy atom. The van der Waals surface area contributed by atoms with Crippen molar-refractivity contribution in [3.63, 3.8) is 0 Å². The smallest absolute Gasteiger partial charge is 0.304 e. The second-order valence-electron chi connectivity index (χ2n) is 5.02. The number of hydrazine groups is 1. The van der Waals surface area contributed by atoms with Crippen molar-refractivity contribution in [1.29, 1.82) is 0 Å². The lowest BCUT2D eigenvalue weighted by Crippen LogP contribution is -2.44. The Kier molecular flexibility index (Phi) is 5.94. The summed E-state index contributed by atoms with van der Waals surface area (Å²) in [6.07, 6.45) is -4.27. The van der Waals surface area contributed by atoms with E-state index < -0.39 is 40.7 Å². The van der Waals surface area contributed by atoms with E-state index in [0.29, 0.717) is 21.9 Å². The molecule has 26 heavy (non-hydrogen) atoms. The van der Waals surface area contributed by atoms with Gasteiger partial charge >= 0.3 is 6.18 Å². The summed E-state index contributed by atoms with van der Waals surface area (Å²) in [6.45, 7) is -0.774. The zero-order valence-electron chi connectivity index (χ0n) is 12.7. The van der Waals surface area contributed by atoms with Crippen molar-refractivity contribution in [2.45, 2.75) is 12.7 Å². The molecule has 0 radical (unpaired) electrons. The molecule has 2 amide bonds. The first kappa shape index (κ1) is 19.8. The van der Waals surface area contributed by atoms with E-state index in [-0.39, 0.29) is 5.56 Å². The maximum Gasteiger partial charge on any atom is 0.417 e. The quantitative estimate of drug-likeness (QED) is 0.767. The highest BCUT2D eigenvalue weighted by Crippen LogP contribution is 2.29. The number of alkyl halides is 3. The van der Waals surface area contributed by atoms with Crippen molar-refractivity contribution in [3.05, 3.63) is 68.1 Å². The molecule has 0 aliphatic heterocycles. The molecule has 1 aromatic carbocycles. The molecular weight excluding hydrogens is 398 g/mol. The second kappa shape index (κ2) is 7.79. The minimum atomic E-state index is -4.74. The van der Waals surface area contributed by atoms with Gasteiger partial charge in [-0.2, -0.15) is 13.2 Å². The third-order valence-electron chi connectivity index (χ3n) is 3.11. The molecule has 138 valence electrons. The third-order valence-corrected chi connectivity index (χ3v) is 3.63. The van der Waals surface area contributed by atoms with E-state index in [1.807, 2.05) is 5.43 Å². The largest absolute Gasteiger partial charge is 0.417 e. The van der Waals surface area contributed by atoms with Gasteiger partial charge in [-0.05, 0) is 30.3 Å². The zero-order valence-corrected chi connectivity index (χ0v) is 14.2. The van der Waals surface area contributed by atoms with Crippen LogP contribution in [0.2, 0.25) is 10.0 Å². The van der Waals surface area contributed by atoms with Crippen molar-refractivity contribution in [3.8, 4) is 0 Å². The number of pyridine rings is 1. The Balaban J connectivity index is 2.06. The summed E-state index contributed by atoms with van der Waals surface area (Å²) >= 11 is 11.2. The van der Waals surface area contributed by atoms with Crippen molar-refractivity contribution < 1.29 is 22.8 Å². The molecule has 0 spiro atoms. The molecule has 0 aliphatic rings. The number of carbonyl (C=O) groups excluding carboxylic acids is 2. The van der Waals surface area contributed by atoms with Crippen LogP contribution in [0.4, 0.5) is 13.2 Å². The van der Waals surface area contributed by atoms with Gasteiger partial charge in [0.25, 0.3) is 17.4 Å². The van der Waals surface area contributed by atoms with E-state index >= 15 is 0 Å². The van der Waals surface area contributed by atoms with Crippen LogP contribution in [0.15, 0.2) is 41.3 Å². The van der Waals surface area contributed by atoms with Crippen LogP contribution in [0.5, 0.6) is 0 Å². The van der Waals surface area contributed by atoms with E-state index in [4.69, 9.17) is 23.2 Å². The first-order valence-corrected chi connectivity index (χ1v) is 7.65. The van der Waals surface area contributed by atoms with E-state index in [9.17, 15) is 27.6 Å². The van der Waals surface area contributed by atoms with Gasteiger partial charge in [0.05, 0.1) is 5.56 Å². The van der Waals surface area contributed by atoms with Crippen LogP contribution >= 0.6 is 23.2 Å². The van der Waals surface area contributed by atoms with Crippen molar-refractivity contribution in [2.75, 3.05) is 0 Å². The molecule has 0 fully saturated rings. The molecule has 2 N–H and O–H groups in total. The minimum absolute atomic E-state index is 0.189. The van der Waals surface area contributed by atoms with E-state index in [1.165, 1.54) is 24.3 Å². The van der Waals surface area contributed by atoms with Gasteiger partial charge in [-0.25, -0.2) is 0 Å². The molecule has 1 heterocycles. The Labute approximate surface area is 154 Å². The molecular formula is C15H10Cl2F3N3O3. The SMILES string of the molecule is O=C(Cn1cc(C(F)(F)F)cc(Cl)c1=O)NNC(=O)c1ccc(Cl)cc1. The van der Waals surface area contributed by atoms with Crippen molar-refractivity contribution in [2.24, 2.45) is 0 Å². The fourth-order valence-corrected chi connectivity index (χ4v) is 2.22. The monoisotopic (exact) mass is 407 g/mol. The Bertz CT molecular complexity index is 896. The number of nitrogens with one attached hydrogen (secondary N) is 2. The number of nitrogens with zero attached hydrogens (tertiary/aromatic N) is 1. The molecule has 0 atom stereocenters. The summed E-state index contributed by atoms with van der Waals surface area (Å²) in [5.74, 6) is -1.60. The standard InChI is InChI=1S/C15H10Cl2F3N3O3/c16-10-3-1-8(2-4-10)13(25)22-21-12(24)7-23-6-9(15(18,19)20)5-11(17)14(23)26/h1-6H,7H2,(H,21,24)(H,22,25). The van der Waals surface area contributed by atoms with Crippen LogP contribution in [0.25, 0.3) is 0 Å². The lowest BCUT2D eigenvalue weighted by molar-refractivity contribution is -0.138. The predicted octanol–water partition coefficient (Wildman–Crippen LogP) is 2.64. The van der Waals surface area contributed by atoms with Gasteiger partial charge in [0.1, 0.15) is 11.6 Å². The van der Waals surface area contributed by atoms with Gasteiger partial charge in [0.15, 0.2) is 0 Å². The fraction of sp³-hybridized carbons (Fsp3) is 0.133. The molecule has 0 bridgehead atoms. The Morgan fingerprint density at radius 2 is 1.69 bits per heavy atom. The number of hydrogen-bond acceptors (Lipinski definition) is 3. The van der Waals surface area contributed by atoms with Crippen LogP contribution < -0.4 is 16.4 Å². The van der Waals surface area contributed by atoms with Crippen molar-refractivity contribution in [1.82, 2.24) is 15.4 Å². The van der Waals surface area contributed by atoms with Gasteiger partial charge in [-0.1, -0.05) is 23.2 Å². The summed E-state index contributed by atoms with van der Waals surface area (Å²) in [4.78, 5) is 35.4. The highest BCUT2D eigenvalue weighted by Gasteiger charge is 2.32. The molecule has 6 nitrogen and oxygen atoms in total.